The molecule has 1 saturated heterocycles. The van der Waals surface area contributed by atoms with Gasteiger partial charge in [0.15, 0.2) is 11.4 Å². The van der Waals surface area contributed by atoms with E-state index in [1.54, 1.807) is 10.9 Å². The van der Waals surface area contributed by atoms with E-state index in [9.17, 15) is 9.90 Å². The lowest BCUT2D eigenvalue weighted by atomic mass is 9.98. The van der Waals surface area contributed by atoms with E-state index in [1.807, 2.05) is 42.2 Å². The molecule has 1 fully saturated rings. The quantitative estimate of drug-likeness (QED) is 0.875. The van der Waals surface area contributed by atoms with Gasteiger partial charge >= 0.3 is 0 Å². The molecule has 1 aromatic carbocycles. The molecule has 0 bridgehead atoms. The van der Waals surface area contributed by atoms with Gasteiger partial charge in [0.05, 0.1) is 18.5 Å². The van der Waals surface area contributed by atoms with Gasteiger partial charge in [0.1, 0.15) is 0 Å². The summed E-state index contributed by atoms with van der Waals surface area (Å²) in [5, 5.41) is 13.8. The second-order valence-electron chi connectivity index (χ2n) is 6.39. The van der Waals surface area contributed by atoms with Crippen molar-refractivity contribution in [1.29, 1.82) is 0 Å². The first-order chi connectivity index (χ1) is 12.2. The van der Waals surface area contributed by atoms with E-state index in [-0.39, 0.29) is 12.5 Å². The maximum atomic E-state index is 12.9. The average molecular weight is 343 g/mol. The van der Waals surface area contributed by atoms with Crippen LogP contribution in [0.25, 0.3) is 5.69 Å². The van der Waals surface area contributed by atoms with Gasteiger partial charge in [0, 0.05) is 19.7 Å². The number of rotatable bonds is 6. The second-order valence-corrected chi connectivity index (χ2v) is 6.39. The molecule has 25 heavy (non-hydrogen) atoms. The summed E-state index contributed by atoms with van der Waals surface area (Å²) < 4.78 is 7.47. The number of hydrogen-bond donors (Lipinski definition) is 1. The molecule has 1 amide bonds. The van der Waals surface area contributed by atoms with Crippen LogP contribution in [-0.4, -0.2) is 52.0 Å². The van der Waals surface area contributed by atoms with Gasteiger partial charge in [0.2, 0.25) is 0 Å². The summed E-state index contributed by atoms with van der Waals surface area (Å²) in [6, 6.07) is 9.70. The van der Waals surface area contributed by atoms with Gasteiger partial charge in [-0.1, -0.05) is 25.1 Å². The largest absolute Gasteiger partial charge is 0.489 e. The number of aromatic nitrogens is 2. The topological polar surface area (TPSA) is 67.6 Å². The number of benzene rings is 1. The summed E-state index contributed by atoms with van der Waals surface area (Å²) in [5.74, 6) is 0.721. The zero-order valence-electron chi connectivity index (χ0n) is 14.6. The summed E-state index contributed by atoms with van der Waals surface area (Å²) >= 11 is 0. The number of aliphatic hydroxyl groups excluding tert-OH is 1. The molecule has 1 N–H and O–H groups in total. The van der Waals surface area contributed by atoms with Crippen molar-refractivity contribution >= 4 is 5.91 Å². The number of aliphatic hydroxyl groups is 1. The summed E-state index contributed by atoms with van der Waals surface area (Å²) in [6.07, 6.45) is 4.30. The van der Waals surface area contributed by atoms with Crippen LogP contribution in [0.4, 0.5) is 0 Å². The number of likely N-dealkylation sites (tertiary alicyclic amines) is 1. The number of carbonyl (C=O) groups excluding carboxylic acids is 1. The molecule has 1 aliphatic heterocycles. The molecule has 0 aliphatic carbocycles. The molecule has 2 heterocycles. The van der Waals surface area contributed by atoms with Gasteiger partial charge in [-0.15, -0.1) is 0 Å². The standard InChI is InChI=1S/C19H25N3O3/c1-2-12-25-17-13-22(16-6-4-3-5-7-16)20-18(17)19(24)21-10-8-15(14-23)9-11-21/h3-7,13,15,23H,2,8-12,14H2,1H3. The van der Waals surface area contributed by atoms with E-state index in [0.29, 0.717) is 37.1 Å². The summed E-state index contributed by atoms with van der Waals surface area (Å²) in [4.78, 5) is 14.7. The number of para-hydroxylation sites is 1. The summed E-state index contributed by atoms with van der Waals surface area (Å²) in [7, 11) is 0. The van der Waals surface area contributed by atoms with E-state index in [4.69, 9.17) is 4.74 Å². The van der Waals surface area contributed by atoms with E-state index in [2.05, 4.69) is 5.10 Å². The molecule has 1 aromatic heterocycles. The fraction of sp³-hybridized carbons (Fsp3) is 0.474. The van der Waals surface area contributed by atoms with E-state index < -0.39 is 0 Å². The number of piperidine rings is 1. The lowest BCUT2D eigenvalue weighted by molar-refractivity contribution is 0.0640. The predicted octanol–water partition coefficient (Wildman–Crippen LogP) is 2.51. The van der Waals surface area contributed by atoms with Gasteiger partial charge in [-0.05, 0) is 37.3 Å². The van der Waals surface area contributed by atoms with Crippen molar-refractivity contribution in [2.45, 2.75) is 26.2 Å². The third-order valence-electron chi connectivity index (χ3n) is 4.53. The third-order valence-corrected chi connectivity index (χ3v) is 4.53. The fourth-order valence-electron chi connectivity index (χ4n) is 3.01. The molecule has 0 saturated carbocycles. The average Bonchev–Trinajstić information content (AvgIpc) is 3.10. The van der Waals surface area contributed by atoms with Crippen molar-refractivity contribution < 1.29 is 14.6 Å². The Labute approximate surface area is 148 Å². The molecule has 0 radical (unpaired) electrons. The molecule has 3 rings (SSSR count). The number of nitrogens with zero attached hydrogens (tertiary/aromatic N) is 3. The number of hydrogen-bond acceptors (Lipinski definition) is 4. The zero-order valence-corrected chi connectivity index (χ0v) is 14.6. The first-order valence-electron chi connectivity index (χ1n) is 8.91. The molecule has 134 valence electrons. The lowest BCUT2D eigenvalue weighted by Crippen LogP contribution is -2.39. The Balaban J connectivity index is 1.83. The fourth-order valence-corrected chi connectivity index (χ4v) is 3.01. The highest BCUT2D eigenvalue weighted by Gasteiger charge is 2.27. The highest BCUT2D eigenvalue weighted by Crippen LogP contribution is 2.24. The van der Waals surface area contributed by atoms with Crippen LogP contribution in [0.2, 0.25) is 0 Å². The minimum Gasteiger partial charge on any atom is -0.489 e. The van der Waals surface area contributed by atoms with Crippen molar-refractivity contribution in [2.24, 2.45) is 5.92 Å². The first kappa shape index (κ1) is 17.5. The van der Waals surface area contributed by atoms with Crippen LogP contribution in [0.3, 0.4) is 0 Å². The molecular formula is C19H25N3O3. The molecule has 1 aliphatic rings. The Kier molecular flexibility index (Phi) is 5.71. The summed E-state index contributed by atoms with van der Waals surface area (Å²) in [6.45, 7) is 4.07. The Morgan fingerprint density at radius 3 is 2.64 bits per heavy atom. The highest BCUT2D eigenvalue weighted by atomic mass is 16.5. The van der Waals surface area contributed by atoms with Crippen LogP contribution in [0, 0.1) is 5.92 Å². The maximum absolute atomic E-state index is 12.9. The third kappa shape index (κ3) is 4.02. The molecule has 2 aromatic rings. The van der Waals surface area contributed by atoms with Crippen LogP contribution in [0.5, 0.6) is 5.75 Å². The maximum Gasteiger partial charge on any atom is 0.278 e. The minimum absolute atomic E-state index is 0.0998. The van der Waals surface area contributed by atoms with Crippen LogP contribution in [0.1, 0.15) is 36.7 Å². The van der Waals surface area contributed by atoms with E-state index in [1.165, 1.54) is 0 Å². The number of amides is 1. The van der Waals surface area contributed by atoms with Crippen LogP contribution < -0.4 is 4.74 Å². The molecular weight excluding hydrogens is 318 g/mol. The molecule has 0 unspecified atom stereocenters. The molecule has 6 heteroatoms. The Hall–Kier alpha value is -2.34. The Bertz CT molecular complexity index is 691. The zero-order chi connectivity index (χ0) is 17.6. The number of ether oxygens (including phenoxy) is 1. The lowest BCUT2D eigenvalue weighted by Gasteiger charge is -2.30. The van der Waals surface area contributed by atoms with Gasteiger partial charge in [-0.25, -0.2) is 4.68 Å². The molecule has 6 nitrogen and oxygen atoms in total. The van der Waals surface area contributed by atoms with Crippen LogP contribution >= 0.6 is 0 Å². The Morgan fingerprint density at radius 1 is 1.28 bits per heavy atom. The van der Waals surface area contributed by atoms with Gasteiger partial charge in [0.25, 0.3) is 5.91 Å². The highest BCUT2D eigenvalue weighted by molar-refractivity contribution is 5.95. The van der Waals surface area contributed by atoms with Crippen molar-refractivity contribution in [1.82, 2.24) is 14.7 Å². The Morgan fingerprint density at radius 2 is 2.00 bits per heavy atom. The number of carbonyl (C=O) groups is 1. The van der Waals surface area contributed by atoms with Crippen molar-refractivity contribution in [2.75, 3.05) is 26.3 Å². The van der Waals surface area contributed by atoms with E-state index >= 15 is 0 Å². The van der Waals surface area contributed by atoms with Gasteiger partial charge in [-0.3, -0.25) is 4.79 Å². The predicted molar refractivity (Wildman–Crippen MR) is 95.1 cm³/mol. The normalized spacial score (nSPS) is 15.4. The first-order valence-corrected chi connectivity index (χ1v) is 8.91. The SMILES string of the molecule is CCCOc1cn(-c2ccccc2)nc1C(=O)N1CCC(CO)CC1. The van der Waals surface area contributed by atoms with E-state index in [0.717, 1.165) is 24.9 Å². The van der Waals surface area contributed by atoms with Crippen LogP contribution in [0.15, 0.2) is 36.5 Å². The smallest absolute Gasteiger partial charge is 0.278 e. The van der Waals surface area contributed by atoms with Crippen molar-refractivity contribution in [3.8, 4) is 11.4 Å². The minimum atomic E-state index is -0.0998. The molecule has 0 spiro atoms. The molecule has 0 atom stereocenters. The second kappa shape index (κ2) is 8.16. The monoisotopic (exact) mass is 343 g/mol. The van der Waals surface area contributed by atoms with Crippen molar-refractivity contribution in [3.05, 3.63) is 42.2 Å². The van der Waals surface area contributed by atoms with Crippen LogP contribution in [-0.2, 0) is 0 Å². The van der Waals surface area contributed by atoms with Gasteiger partial charge < -0.3 is 14.7 Å². The van der Waals surface area contributed by atoms with Crippen molar-refractivity contribution in [3.63, 3.8) is 0 Å². The van der Waals surface area contributed by atoms with Gasteiger partial charge in [-0.2, -0.15) is 5.10 Å². The summed E-state index contributed by atoms with van der Waals surface area (Å²) in [5.41, 5.74) is 1.25.